The van der Waals surface area contributed by atoms with Crippen LogP contribution in [-0.4, -0.2) is 0 Å². The standard InChI is InChI=1S/C6H7IS.C6H8S/c1-4-3-6(7)5(2)8-4;1-5-3-4-6(2)7-5/h3H,1-2H3;3-4H,1-2H3. The summed E-state index contributed by atoms with van der Waals surface area (Å²) in [6.07, 6.45) is 0. The van der Waals surface area contributed by atoms with E-state index in [1.165, 1.54) is 23.1 Å². The molecule has 0 N–H and O–H groups in total. The van der Waals surface area contributed by atoms with E-state index < -0.39 is 0 Å². The summed E-state index contributed by atoms with van der Waals surface area (Å²) >= 11 is 6.06. The molecule has 2 heterocycles. The first-order chi connectivity index (χ1) is 6.99. The summed E-state index contributed by atoms with van der Waals surface area (Å²) in [6.45, 7) is 8.54. The molecule has 0 aromatic carbocycles. The van der Waals surface area contributed by atoms with E-state index >= 15 is 0 Å². The topological polar surface area (TPSA) is 0 Å². The molecule has 0 fully saturated rings. The van der Waals surface area contributed by atoms with Crippen LogP contribution in [0, 0.1) is 31.3 Å². The summed E-state index contributed by atoms with van der Waals surface area (Å²) in [6, 6.07) is 6.49. The van der Waals surface area contributed by atoms with Crippen molar-refractivity contribution in [2.24, 2.45) is 0 Å². The third kappa shape index (κ3) is 4.66. The molecule has 15 heavy (non-hydrogen) atoms. The summed E-state index contributed by atoms with van der Waals surface area (Å²) in [7, 11) is 0. The van der Waals surface area contributed by atoms with Gasteiger partial charge in [0.05, 0.1) is 0 Å². The van der Waals surface area contributed by atoms with E-state index in [4.69, 9.17) is 0 Å². The van der Waals surface area contributed by atoms with Crippen LogP contribution in [0.4, 0.5) is 0 Å². The Bertz CT molecular complexity index is 391. The van der Waals surface area contributed by atoms with Gasteiger partial charge in [-0.05, 0) is 68.5 Å². The predicted molar refractivity (Wildman–Crippen MR) is 80.3 cm³/mol. The predicted octanol–water partition coefficient (Wildman–Crippen LogP) is 5.33. The van der Waals surface area contributed by atoms with Crippen molar-refractivity contribution < 1.29 is 0 Å². The summed E-state index contributed by atoms with van der Waals surface area (Å²) in [5.74, 6) is 0. The number of halogens is 1. The van der Waals surface area contributed by atoms with Gasteiger partial charge in [-0.1, -0.05) is 0 Å². The monoisotopic (exact) mass is 350 g/mol. The van der Waals surface area contributed by atoms with Gasteiger partial charge < -0.3 is 0 Å². The van der Waals surface area contributed by atoms with Crippen molar-refractivity contribution in [2.45, 2.75) is 27.7 Å². The molecule has 0 atom stereocenters. The van der Waals surface area contributed by atoms with E-state index in [1.807, 2.05) is 22.7 Å². The van der Waals surface area contributed by atoms with Gasteiger partial charge in [0.25, 0.3) is 0 Å². The van der Waals surface area contributed by atoms with Crippen LogP contribution in [0.2, 0.25) is 0 Å². The highest BCUT2D eigenvalue weighted by Gasteiger charge is 1.95. The molecular weight excluding hydrogens is 335 g/mol. The van der Waals surface area contributed by atoms with Crippen LogP contribution in [0.5, 0.6) is 0 Å². The van der Waals surface area contributed by atoms with Gasteiger partial charge in [0, 0.05) is 23.1 Å². The minimum absolute atomic E-state index is 1.39. The lowest BCUT2D eigenvalue weighted by Gasteiger charge is -1.77. The second-order valence-electron chi connectivity index (χ2n) is 3.42. The number of hydrogen-bond acceptors (Lipinski definition) is 2. The minimum atomic E-state index is 1.39. The summed E-state index contributed by atoms with van der Waals surface area (Å²) in [5, 5.41) is 0. The van der Waals surface area contributed by atoms with Gasteiger partial charge in [0.2, 0.25) is 0 Å². The first-order valence-electron chi connectivity index (χ1n) is 4.74. The maximum Gasteiger partial charge on any atom is 0.0269 e. The zero-order chi connectivity index (χ0) is 11.4. The lowest BCUT2D eigenvalue weighted by Crippen LogP contribution is -1.60. The Balaban J connectivity index is 0.000000151. The lowest BCUT2D eigenvalue weighted by molar-refractivity contribution is 1.56. The molecule has 0 spiro atoms. The Kier molecular flexibility index (Phi) is 5.29. The third-order valence-electron chi connectivity index (χ3n) is 1.86. The van der Waals surface area contributed by atoms with E-state index in [9.17, 15) is 0 Å². The fourth-order valence-corrected chi connectivity index (χ4v) is 3.76. The Morgan fingerprint density at radius 1 is 0.867 bits per heavy atom. The number of rotatable bonds is 0. The maximum absolute atomic E-state index is 2.36. The van der Waals surface area contributed by atoms with Gasteiger partial charge >= 0.3 is 0 Å². The molecule has 0 unspecified atom stereocenters. The van der Waals surface area contributed by atoms with E-state index in [0.717, 1.165) is 0 Å². The van der Waals surface area contributed by atoms with Crippen molar-refractivity contribution in [1.82, 2.24) is 0 Å². The van der Waals surface area contributed by atoms with Crippen molar-refractivity contribution in [1.29, 1.82) is 0 Å². The van der Waals surface area contributed by atoms with Gasteiger partial charge in [-0.25, -0.2) is 0 Å². The molecule has 0 aliphatic heterocycles. The SMILES string of the molecule is Cc1cc(I)c(C)s1.Cc1ccc(C)s1. The highest BCUT2D eigenvalue weighted by molar-refractivity contribution is 14.1. The van der Waals surface area contributed by atoms with Gasteiger partial charge in [0.15, 0.2) is 0 Å². The van der Waals surface area contributed by atoms with Crippen LogP contribution in [0.25, 0.3) is 0 Å². The Morgan fingerprint density at radius 3 is 1.53 bits per heavy atom. The minimum Gasteiger partial charge on any atom is -0.146 e. The van der Waals surface area contributed by atoms with Gasteiger partial charge in [-0.3, -0.25) is 0 Å². The number of aryl methyl sites for hydroxylation is 4. The first kappa shape index (κ1) is 13.2. The second kappa shape index (κ2) is 6.01. The van der Waals surface area contributed by atoms with Crippen molar-refractivity contribution in [2.75, 3.05) is 0 Å². The molecule has 0 amide bonds. The normalized spacial score (nSPS) is 9.67. The molecule has 2 aromatic heterocycles. The van der Waals surface area contributed by atoms with Crippen LogP contribution in [-0.2, 0) is 0 Å². The van der Waals surface area contributed by atoms with Gasteiger partial charge in [0.1, 0.15) is 0 Å². The molecule has 0 saturated heterocycles. The summed E-state index contributed by atoms with van der Waals surface area (Å²) in [4.78, 5) is 5.64. The average Bonchev–Trinajstić information content (AvgIpc) is 2.61. The zero-order valence-electron chi connectivity index (χ0n) is 9.43. The fourth-order valence-electron chi connectivity index (χ4n) is 1.16. The quantitative estimate of drug-likeness (QED) is 0.563. The molecule has 0 nitrogen and oxygen atoms in total. The van der Waals surface area contributed by atoms with E-state index in [-0.39, 0.29) is 0 Å². The number of hydrogen-bond donors (Lipinski definition) is 0. The maximum atomic E-state index is 2.36. The van der Waals surface area contributed by atoms with Gasteiger partial charge in [-0.15, -0.1) is 22.7 Å². The molecule has 0 aliphatic carbocycles. The molecular formula is C12H15IS2. The van der Waals surface area contributed by atoms with E-state index in [1.54, 1.807) is 0 Å². The molecule has 2 rings (SSSR count). The third-order valence-corrected chi connectivity index (χ3v) is 5.22. The lowest BCUT2D eigenvalue weighted by atomic mass is 10.5. The fraction of sp³-hybridized carbons (Fsp3) is 0.333. The van der Waals surface area contributed by atoms with Crippen LogP contribution in [0.15, 0.2) is 18.2 Å². The molecule has 0 aliphatic rings. The highest BCUT2D eigenvalue weighted by Crippen LogP contribution is 2.21. The van der Waals surface area contributed by atoms with E-state index in [2.05, 4.69) is 68.5 Å². The van der Waals surface area contributed by atoms with Crippen LogP contribution in [0.1, 0.15) is 19.5 Å². The van der Waals surface area contributed by atoms with Crippen LogP contribution in [0.3, 0.4) is 0 Å². The molecule has 0 radical (unpaired) electrons. The largest absolute Gasteiger partial charge is 0.146 e. The van der Waals surface area contributed by atoms with E-state index in [0.29, 0.717) is 0 Å². The molecule has 3 heteroatoms. The molecule has 0 saturated carbocycles. The second-order valence-corrected chi connectivity index (χ2v) is 7.53. The summed E-state index contributed by atoms with van der Waals surface area (Å²) < 4.78 is 1.39. The zero-order valence-corrected chi connectivity index (χ0v) is 13.2. The summed E-state index contributed by atoms with van der Waals surface area (Å²) in [5.41, 5.74) is 0. The Morgan fingerprint density at radius 2 is 1.40 bits per heavy atom. The van der Waals surface area contributed by atoms with Gasteiger partial charge in [-0.2, -0.15) is 0 Å². The Labute approximate surface area is 113 Å². The molecule has 0 bridgehead atoms. The average molecular weight is 350 g/mol. The van der Waals surface area contributed by atoms with Crippen molar-refractivity contribution in [3.05, 3.63) is 41.3 Å². The molecule has 2 aromatic rings. The van der Waals surface area contributed by atoms with Crippen LogP contribution < -0.4 is 0 Å². The first-order valence-corrected chi connectivity index (χ1v) is 7.46. The smallest absolute Gasteiger partial charge is 0.0269 e. The Hall–Kier alpha value is 0.130. The van der Waals surface area contributed by atoms with Crippen molar-refractivity contribution in [3.63, 3.8) is 0 Å². The molecule has 82 valence electrons. The van der Waals surface area contributed by atoms with Crippen LogP contribution >= 0.6 is 45.3 Å². The van der Waals surface area contributed by atoms with Crippen molar-refractivity contribution >= 4 is 45.3 Å². The van der Waals surface area contributed by atoms with Crippen molar-refractivity contribution in [3.8, 4) is 0 Å². The number of thiophene rings is 2. The highest BCUT2D eigenvalue weighted by atomic mass is 127.